The summed E-state index contributed by atoms with van der Waals surface area (Å²) in [5.41, 5.74) is 1.49. The highest BCUT2D eigenvalue weighted by Gasteiger charge is 2.22. The fourth-order valence-electron chi connectivity index (χ4n) is 1.76. The lowest BCUT2D eigenvalue weighted by Gasteiger charge is -2.20. The van der Waals surface area contributed by atoms with E-state index in [1.54, 1.807) is 18.2 Å². The molecule has 0 saturated carbocycles. The average Bonchev–Trinajstić information content (AvgIpc) is 2.40. The van der Waals surface area contributed by atoms with Crippen molar-refractivity contribution in [3.8, 4) is 0 Å². The zero-order chi connectivity index (χ0) is 14.9. The molecule has 3 nitrogen and oxygen atoms in total. The number of nitrogens with zero attached hydrogens (tertiary/aromatic N) is 1. The summed E-state index contributed by atoms with van der Waals surface area (Å²) in [6.07, 6.45) is 0. The predicted octanol–water partition coefficient (Wildman–Crippen LogP) is 3.72. The molecule has 0 spiro atoms. The number of halogens is 2. The fourth-order valence-corrected chi connectivity index (χ4v) is 3.20. The normalized spacial score (nSPS) is 11.4. The topological polar surface area (TPSA) is 37.4 Å². The summed E-state index contributed by atoms with van der Waals surface area (Å²) in [5.74, 6) is -0.608. The molecule has 2 aromatic rings. The first kappa shape index (κ1) is 15.0. The van der Waals surface area contributed by atoms with Crippen LogP contribution in [0.1, 0.15) is 5.56 Å². The molecule has 0 amide bonds. The number of hydrogen-bond acceptors (Lipinski definition) is 2. The molecule has 0 unspecified atom stereocenters. The van der Waals surface area contributed by atoms with Crippen LogP contribution in [-0.2, 0) is 10.0 Å². The van der Waals surface area contributed by atoms with Crippen molar-refractivity contribution in [2.45, 2.75) is 11.8 Å². The van der Waals surface area contributed by atoms with Gasteiger partial charge < -0.3 is 0 Å². The van der Waals surface area contributed by atoms with E-state index >= 15 is 0 Å². The van der Waals surface area contributed by atoms with E-state index in [2.05, 4.69) is 15.9 Å². The number of benzene rings is 2. The smallest absolute Gasteiger partial charge is 0.264 e. The highest BCUT2D eigenvalue weighted by Crippen LogP contribution is 2.25. The SMILES string of the molecule is Cc1cccc(N(C)S(=O)(=O)c2ccc(Br)c(F)c2)c1. The molecule has 0 saturated heterocycles. The highest BCUT2D eigenvalue weighted by atomic mass is 79.9. The van der Waals surface area contributed by atoms with E-state index in [-0.39, 0.29) is 9.37 Å². The van der Waals surface area contributed by atoms with Crippen molar-refractivity contribution in [2.24, 2.45) is 0 Å². The third-order valence-corrected chi connectivity index (χ3v) is 5.34. The van der Waals surface area contributed by atoms with E-state index < -0.39 is 15.8 Å². The minimum atomic E-state index is -3.78. The van der Waals surface area contributed by atoms with Crippen LogP contribution in [0.5, 0.6) is 0 Å². The fraction of sp³-hybridized carbons (Fsp3) is 0.143. The largest absolute Gasteiger partial charge is 0.269 e. The molecule has 0 aliphatic rings. The number of aryl methyl sites for hydroxylation is 1. The molecule has 0 aromatic heterocycles. The van der Waals surface area contributed by atoms with Crippen molar-refractivity contribution >= 4 is 31.6 Å². The van der Waals surface area contributed by atoms with Crippen molar-refractivity contribution in [2.75, 3.05) is 11.4 Å². The third kappa shape index (κ3) is 2.86. The third-order valence-electron chi connectivity index (χ3n) is 2.91. The van der Waals surface area contributed by atoms with Crippen molar-refractivity contribution in [1.29, 1.82) is 0 Å². The van der Waals surface area contributed by atoms with Gasteiger partial charge in [0.05, 0.1) is 15.1 Å². The van der Waals surface area contributed by atoms with Crippen LogP contribution in [0.25, 0.3) is 0 Å². The lowest BCUT2D eigenvalue weighted by atomic mass is 10.2. The van der Waals surface area contributed by atoms with Gasteiger partial charge in [-0.15, -0.1) is 0 Å². The summed E-state index contributed by atoms with van der Waals surface area (Å²) in [6.45, 7) is 1.88. The molecule has 0 aliphatic carbocycles. The lowest BCUT2D eigenvalue weighted by molar-refractivity contribution is 0.588. The van der Waals surface area contributed by atoms with E-state index in [4.69, 9.17) is 0 Å². The summed E-state index contributed by atoms with van der Waals surface area (Å²) in [4.78, 5) is -0.0813. The van der Waals surface area contributed by atoms with E-state index in [1.165, 1.54) is 19.2 Å². The predicted molar refractivity (Wildman–Crippen MR) is 80.9 cm³/mol. The van der Waals surface area contributed by atoms with Gasteiger partial charge in [-0.1, -0.05) is 12.1 Å². The van der Waals surface area contributed by atoms with Gasteiger partial charge in [0.15, 0.2) is 0 Å². The maximum Gasteiger partial charge on any atom is 0.264 e. The molecule has 106 valence electrons. The monoisotopic (exact) mass is 357 g/mol. The van der Waals surface area contributed by atoms with Crippen LogP contribution in [0.2, 0.25) is 0 Å². The molecular weight excluding hydrogens is 345 g/mol. The number of hydrogen-bond donors (Lipinski definition) is 0. The minimum absolute atomic E-state index is 0.0813. The minimum Gasteiger partial charge on any atom is -0.269 e. The van der Waals surface area contributed by atoms with Gasteiger partial charge in [-0.3, -0.25) is 4.31 Å². The Morgan fingerprint density at radius 1 is 1.15 bits per heavy atom. The molecule has 0 aliphatic heterocycles. The van der Waals surface area contributed by atoms with Crippen LogP contribution in [0.4, 0.5) is 10.1 Å². The highest BCUT2D eigenvalue weighted by molar-refractivity contribution is 9.10. The Labute approximate surface area is 126 Å². The summed E-state index contributed by atoms with van der Waals surface area (Å²) >= 11 is 3.00. The van der Waals surface area contributed by atoms with Gasteiger partial charge in [0, 0.05) is 7.05 Å². The first-order valence-electron chi connectivity index (χ1n) is 5.83. The first-order chi connectivity index (χ1) is 9.32. The van der Waals surface area contributed by atoms with Gasteiger partial charge in [0.25, 0.3) is 10.0 Å². The molecule has 0 atom stereocenters. The van der Waals surface area contributed by atoms with Crippen LogP contribution >= 0.6 is 15.9 Å². The number of anilines is 1. The van der Waals surface area contributed by atoms with Crippen LogP contribution in [0, 0.1) is 12.7 Å². The van der Waals surface area contributed by atoms with Crippen LogP contribution in [0.15, 0.2) is 51.8 Å². The maximum atomic E-state index is 13.5. The van der Waals surface area contributed by atoms with E-state index in [9.17, 15) is 12.8 Å². The maximum absolute atomic E-state index is 13.5. The molecule has 0 fully saturated rings. The molecule has 0 N–H and O–H groups in total. The molecule has 0 bridgehead atoms. The van der Waals surface area contributed by atoms with Crippen molar-refractivity contribution in [1.82, 2.24) is 0 Å². The van der Waals surface area contributed by atoms with Crippen molar-refractivity contribution in [3.63, 3.8) is 0 Å². The summed E-state index contributed by atoms with van der Waals surface area (Å²) in [5, 5.41) is 0. The first-order valence-corrected chi connectivity index (χ1v) is 8.06. The Kier molecular flexibility index (Phi) is 4.15. The lowest BCUT2D eigenvalue weighted by Crippen LogP contribution is -2.26. The average molecular weight is 358 g/mol. The molecule has 2 rings (SSSR count). The van der Waals surface area contributed by atoms with Crippen LogP contribution in [-0.4, -0.2) is 15.5 Å². The molecular formula is C14H13BrFNO2S. The molecule has 0 heterocycles. The van der Waals surface area contributed by atoms with Gasteiger partial charge in [-0.25, -0.2) is 12.8 Å². The number of sulfonamides is 1. The Hall–Kier alpha value is -1.40. The van der Waals surface area contributed by atoms with Crippen LogP contribution < -0.4 is 4.31 Å². The Balaban J connectivity index is 2.46. The summed E-state index contributed by atoms with van der Waals surface area (Å²) < 4.78 is 39.8. The van der Waals surface area contributed by atoms with Crippen LogP contribution in [0.3, 0.4) is 0 Å². The molecule has 2 aromatic carbocycles. The standard InChI is InChI=1S/C14H13BrFNO2S/c1-10-4-3-5-11(8-10)17(2)20(18,19)12-6-7-13(15)14(16)9-12/h3-9H,1-2H3. The number of rotatable bonds is 3. The zero-order valence-electron chi connectivity index (χ0n) is 11.0. The molecule has 20 heavy (non-hydrogen) atoms. The second-order valence-corrected chi connectivity index (χ2v) is 7.21. The molecule has 6 heteroatoms. The van der Waals surface area contributed by atoms with Gasteiger partial charge >= 0.3 is 0 Å². The van der Waals surface area contributed by atoms with Gasteiger partial charge in [-0.2, -0.15) is 0 Å². The zero-order valence-corrected chi connectivity index (χ0v) is 13.4. The van der Waals surface area contributed by atoms with Gasteiger partial charge in [0.1, 0.15) is 5.82 Å². The van der Waals surface area contributed by atoms with Crippen molar-refractivity contribution in [3.05, 3.63) is 58.3 Å². The second kappa shape index (κ2) is 5.54. The second-order valence-electron chi connectivity index (χ2n) is 4.39. The Morgan fingerprint density at radius 3 is 2.45 bits per heavy atom. The van der Waals surface area contributed by atoms with E-state index in [0.29, 0.717) is 5.69 Å². The van der Waals surface area contributed by atoms with Gasteiger partial charge in [-0.05, 0) is 58.7 Å². The summed E-state index contributed by atoms with van der Waals surface area (Å²) in [7, 11) is -2.33. The molecule has 0 radical (unpaired) electrons. The van der Waals surface area contributed by atoms with E-state index in [1.807, 2.05) is 13.0 Å². The van der Waals surface area contributed by atoms with Crippen molar-refractivity contribution < 1.29 is 12.8 Å². The quantitative estimate of drug-likeness (QED) is 0.839. The van der Waals surface area contributed by atoms with E-state index in [0.717, 1.165) is 15.9 Å². The summed E-state index contributed by atoms with van der Waals surface area (Å²) in [6, 6.07) is 10.9. The van der Waals surface area contributed by atoms with Gasteiger partial charge in [0.2, 0.25) is 0 Å². The Bertz CT molecular complexity index is 747. The Morgan fingerprint density at radius 2 is 1.85 bits per heavy atom.